The molecular weight excluding hydrogens is 252 g/mol. The number of carbonyl (C=O) groups is 2. The van der Waals surface area contributed by atoms with Gasteiger partial charge in [-0.1, -0.05) is 0 Å². The van der Waals surface area contributed by atoms with E-state index in [2.05, 4.69) is 5.32 Å². The van der Waals surface area contributed by atoms with E-state index in [9.17, 15) is 9.59 Å². The predicted molar refractivity (Wildman–Crippen MR) is 70.4 cm³/mol. The third-order valence-corrected chi connectivity index (χ3v) is 2.79. The van der Waals surface area contributed by atoms with Gasteiger partial charge in [-0.05, 0) is 43.2 Å². The second-order valence-corrected chi connectivity index (χ2v) is 5.72. The Kier molecular flexibility index (Phi) is 4.72. The van der Waals surface area contributed by atoms with E-state index >= 15 is 0 Å². The molecule has 0 spiro atoms. The molecule has 1 heterocycles. The van der Waals surface area contributed by atoms with Crippen molar-refractivity contribution in [1.29, 1.82) is 0 Å². The number of nitrogens with one attached hydrogen (secondary N) is 1. The van der Waals surface area contributed by atoms with Gasteiger partial charge in [0.2, 0.25) is 5.91 Å². The number of hydrogen-bond donors (Lipinski definition) is 2. The molecule has 2 amide bonds. The van der Waals surface area contributed by atoms with Gasteiger partial charge < -0.3 is 15.8 Å². The molecule has 0 aliphatic heterocycles. The normalized spacial score (nSPS) is 12.8. The summed E-state index contributed by atoms with van der Waals surface area (Å²) in [5.41, 5.74) is 5.62. The Bertz CT molecular complexity index is 409. The lowest BCUT2D eigenvalue weighted by atomic mass is 10.1. The molecule has 0 unspecified atom stereocenters. The summed E-state index contributed by atoms with van der Waals surface area (Å²) in [4.78, 5) is 22.8. The Morgan fingerprint density at radius 1 is 1.50 bits per heavy atom. The summed E-state index contributed by atoms with van der Waals surface area (Å²) in [6.07, 6.45) is -0.264. The molecule has 0 radical (unpaired) electrons. The van der Waals surface area contributed by atoms with E-state index in [-0.39, 0.29) is 0 Å². The molecule has 0 aliphatic carbocycles. The summed E-state index contributed by atoms with van der Waals surface area (Å²) in [6.45, 7) is 5.26. The Balaban J connectivity index is 2.58. The number of carbonyl (C=O) groups excluding carboxylic acids is 2. The van der Waals surface area contributed by atoms with E-state index in [0.717, 1.165) is 5.56 Å². The molecule has 6 heteroatoms. The number of hydrogen-bond acceptors (Lipinski definition) is 4. The van der Waals surface area contributed by atoms with Crippen molar-refractivity contribution in [3.8, 4) is 0 Å². The Morgan fingerprint density at radius 2 is 2.17 bits per heavy atom. The largest absolute Gasteiger partial charge is 0.444 e. The lowest BCUT2D eigenvalue weighted by Crippen LogP contribution is -2.47. The fourth-order valence-corrected chi connectivity index (χ4v) is 2.00. The summed E-state index contributed by atoms with van der Waals surface area (Å²) in [7, 11) is 0. The van der Waals surface area contributed by atoms with Crippen LogP contribution < -0.4 is 11.1 Å². The standard InChI is InChI=1S/C12H18N2O3S/c1-12(2,3)17-11(16)14-9(10(13)15)6-8-4-5-18-7-8/h4-5,7,9H,6H2,1-3H3,(H2,13,15)(H,14,16)/t9-/m0/s1. The number of alkyl carbamates (subject to hydrolysis) is 1. The van der Waals surface area contributed by atoms with Crippen LogP contribution in [0.1, 0.15) is 26.3 Å². The molecular formula is C12H18N2O3S. The molecule has 1 rings (SSSR count). The zero-order valence-electron chi connectivity index (χ0n) is 10.7. The average molecular weight is 270 g/mol. The van der Waals surface area contributed by atoms with Crippen LogP contribution in [0.4, 0.5) is 4.79 Å². The molecule has 100 valence electrons. The first kappa shape index (κ1) is 14.5. The Hall–Kier alpha value is -1.56. The summed E-state index contributed by atoms with van der Waals surface area (Å²) in [6, 6.07) is 1.13. The van der Waals surface area contributed by atoms with E-state index in [1.54, 1.807) is 20.8 Å². The Morgan fingerprint density at radius 3 is 2.61 bits per heavy atom. The molecule has 0 aliphatic rings. The van der Waals surface area contributed by atoms with Crippen LogP contribution in [-0.4, -0.2) is 23.6 Å². The molecule has 1 atom stereocenters. The van der Waals surface area contributed by atoms with Crippen LogP contribution in [0.3, 0.4) is 0 Å². The summed E-state index contributed by atoms with van der Waals surface area (Å²) in [5.74, 6) is -0.577. The summed E-state index contributed by atoms with van der Waals surface area (Å²) >= 11 is 1.53. The van der Waals surface area contributed by atoms with Crippen LogP contribution in [0.5, 0.6) is 0 Å². The molecule has 3 N–H and O–H groups in total. The number of ether oxygens (including phenoxy) is 1. The molecule has 5 nitrogen and oxygen atoms in total. The number of rotatable bonds is 4. The maximum Gasteiger partial charge on any atom is 0.408 e. The zero-order valence-corrected chi connectivity index (χ0v) is 11.5. The molecule has 1 aromatic heterocycles. The Labute approximate surface area is 110 Å². The van der Waals surface area contributed by atoms with Gasteiger partial charge in [-0.2, -0.15) is 11.3 Å². The zero-order chi connectivity index (χ0) is 13.8. The van der Waals surface area contributed by atoms with E-state index < -0.39 is 23.6 Å². The van der Waals surface area contributed by atoms with Crippen LogP contribution in [0.2, 0.25) is 0 Å². The van der Waals surface area contributed by atoms with Crippen molar-refractivity contribution >= 4 is 23.3 Å². The van der Waals surface area contributed by atoms with E-state index in [1.165, 1.54) is 11.3 Å². The molecule has 18 heavy (non-hydrogen) atoms. The first-order valence-corrected chi connectivity index (χ1v) is 6.52. The SMILES string of the molecule is CC(C)(C)OC(=O)N[C@@H](Cc1ccsc1)C(N)=O. The monoisotopic (exact) mass is 270 g/mol. The number of thiophene rings is 1. The highest BCUT2D eigenvalue weighted by atomic mass is 32.1. The fraction of sp³-hybridized carbons (Fsp3) is 0.500. The van der Waals surface area contributed by atoms with Crippen molar-refractivity contribution in [2.24, 2.45) is 5.73 Å². The highest BCUT2D eigenvalue weighted by Gasteiger charge is 2.22. The van der Waals surface area contributed by atoms with Crippen LogP contribution in [0.25, 0.3) is 0 Å². The number of primary amides is 1. The minimum atomic E-state index is -0.755. The van der Waals surface area contributed by atoms with Gasteiger partial charge in [0.25, 0.3) is 0 Å². The summed E-state index contributed by atoms with van der Waals surface area (Å²) < 4.78 is 5.08. The third-order valence-electron chi connectivity index (χ3n) is 2.05. The van der Waals surface area contributed by atoms with Crippen LogP contribution in [0.15, 0.2) is 16.8 Å². The second kappa shape index (κ2) is 5.86. The summed E-state index contributed by atoms with van der Waals surface area (Å²) in [5, 5.41) is 6.29. The van der Waals surface area contributed by atoms with E-state index in [1.807, 2.05) is 16.8 Å². The van der Waals surface area contributed by atoms with Gasteiger partial charge in [0, 0.05) is 6.42 Å². The van der Waals surface area contributed by atoms with Crippen molar-refractivity contribution in [2.75, 3.05) is 0 Å². The lowest BCUT2D eigenvalue weighted by Gasteiger charge is -2.22. The van der Waals surface area contributed by atoms with Gasteiger partial charge in [-0.15, -0.1) is 0 Å². The minimum absolute atomic E-state index is 0.373. The van der Waals surface area contributed by atoms with Gasteiger partial charge in [-0.3, -0.25) is 4.79 Å². The quantitative estimate of drug-likeness (QED) is 0.873. The molecule has 0 saturated carbocycles. The van der Waals surface area contributed by atoms with Crippen molar-refractivity contribution < 1.29 is 14.3 Å². The van der Waals surface area contributed by atoms with Gasteiger partial charge >= 0.3 is 6.09 Å². The van der Waals surface area contributed by atoms with Gasteiger partial charge in [0.15, 0.2) is 0 Å². The number of amides is 2. The van der Waals surface area contributed by atoms with Crippen LogP contribution >= 0.6 is 11.3 Å². The van der Waals surface area contributed by atoms with Crippen LogP contribution in [-0.2, 0) is 16.0 Å². The van der Waals surface area contributed by atoms with Crippen molar-refractivity contribution in [2.45, 2.75) is 38.8 Å². The first-order chi connectivity index (χ1) is 8.28. The molecule has 0 fully saturated rings. The highest BCUT2D eigenvalue weighted by molar-refractivity contribution is 7.07. The maximum atomic E-state index is 11.6. The third kappa shape index (κ3) is 5.18. The van der Waals surface area contributed by atoms with E-state index in [0.29, 0.717) is 6.42 Å². The van der Waals surface area contributed by atoms with Crippen molar-refractivity contribution in [3.05, 3.63) is 22.4 Å². The second-order valence-electron chi connectivity index (χ2n) is 4.94. The predicted octanol–water partition coefficient (Wildman–Crippen LogP) is 1.67. The minimum Gasteiger partial charge on any atom is -0.444 e. The lowest BCUT2D eigenvalue weighted by molar-refractivity contribution is -0.120. The van der Waals surface area contributed by atoms with Gasteiger partial charge in [-0.25, -0.2) is 4.79 Å². The van der Waals surface area contributed by atoms with Gasteiger partial charge in [0.05, 0.1) is 0 Å². The van der Waals surface area contributed by atoms with Crippen molar-refractivity contribution in [1.82, 2.24) is 5.32 Å². The average Bonchev–Trinajstić information content (AvgIpc) is 2.66. The fourth-order valence-electron chi connectivity index (χ4n) is 1.32. The van der Waals surface area contributed by atoms with Gasteiger partial charge in [0.1, 0.15) is 11.6 Å². The first-order valence-electron chi connectivity index (χ1n) is 5.58. The van der Waals surface area contributed by atoms with Crippen molar-refractivity contribution in [3.63, 3.8) is 0 Å². The highest BCUT2D eigenvalue weighted by Crippen LogP contribution is 2.10. The molecule has 0 aromatic carbocycles. The number of nitrogens with two attached hydrogens (primary N) is 1. The van der Waals surface area contributed by atoms with Crippen LogP contribution in [0, 0.1) is 0 Å². The van der Waals surface area contributed by atoms with E-state index in [4.69, 9.17) is 10.5 Å². The molecule has 1 aromatic rings. The smallest absolute Gasteiger partial charge is 0.408 e. The molecule has 0 bridgehead atoms. The molecule has 0 saturated heterocycles. The maximum absolute atomic E-state index is 11.6. The topological polar surface area (TPSA) is 81.4 Å².